The zero-order valence-corrected chi connectivity index (χ0v) is 29.9. The van der Waals surface area contributed by atoms with Crippen LogP contribution in [0.15, 0.2) is 206 Å². The Hall–Kier alpha value is -7.43. The fraction of sp³-hybridized carbons (Fsp3) is 0. The van der Waals surface area contributed by atoms with Crippen molar-refractivity contribution in [2.75, 3.05) is 0 Å². The predicted molar refractivity (Wildman–Crippen MR) is 227 cm³/mol. The van der Waals surface area contributed by atoms with Gasteiger partial charge in [0.05, 0.1) is 16.7 Å². The molecule has 0 aliphatic carbocycles. The molecule has 55 heavy (non-hydrogen) atoms. The van der Waals surface area contributed by atoms with Gasteiger partial charge >= 0.3 is 0 Å². The Morgan fingerprint density at radius 3 is 1.36 bits per heavy atom. The summed E-state index contributed by atoms with van der Waals surface area (Å²) in [6.07, 6.45) is 0. The van der Waals surface area contributed by atoms with Crippen LogP contribution in [0.25, 0.3) is 95.0 Å². The Labute approximate surface area is 319 Å². The van der Waals surface area contributed by atoms with Gasteiger partial charge in [-0.25, -0.2) is 15.0 Å². The number of para-hydroxylation sites is 2. The van der Waals surface area contributed by atoms with Crippen molar-refractivity contribution in [3.8, 4) is 73.2 Å². The Morgan fingerprint density at radius 1 is 0.273 bits per heavy atom. The molecule has 0 radical (unpaired) electrons. The van der Waals surface area contributed by atoms with E-state index >= 15 is 0 Å². The molecular weight excluding hydrogens is 669 g/mol. The minimum atomic E-state index is 0.607. The van der Waals surface area contributed by atoms with E-state index in [0.717, 1.165) is 50.1 Å². The van der Waals surface area contributed by atoms with E-state index in [-0.39, 0.29) is 0 Å². The van der Waals surface area contributed by atoms with Crippen LogP contribution >= 0.6 is 0 Å². The van der Waals surface area contributed by atoms with Crippen LogP contribution in [0.5, 0.6) is 0 Å². The lowest BCUT2D eigenvalue weighted by Gasteiger charge is -2.19. The second-order valence-electron chi connectivity index (χ2n) is 13.6. The maximum absolute atomic E-state index is 5.29. The number of nitrogens with zero attached hydrogens (tertiary/aromatic N) is 4. The third kappa shape index (κ3) is 5.96. The first kappa shape index (κ1) is 32.2. The van der Waals surface area contributed by atoms with Crippen LogP contribution in [0.4, 0.5) is 0 Å². The summed E-state index contributed by atoms with van der Waals surface area (Å²) < 4.78 is 2.40. The van der Waals surface area contributed by atoms with E-state index in [4.69, 9.17) is 15.0 Å². The van der Waals surface area contributed by atoms with E-state index in [1.165, 1.54) is 27.5 Å². The molecule has 4 heteroatoms. The van der Waals surface area contributed by atoms with Crippen LogP contribution in [0.3, 0.4) is 0 Å². The molecule has 0 N–H and O–H groups in total. The Morgan fingerprint density at radius 2 is 0.709 bits per heavy atom. The predicted octanol–water partition coefficient (Wildman–Crippen LogP) is 13.0. The van der Waals surface area contributed by atoms with Crippen molar-refractivity contribution >= 4 is 21.8 Å². The zero-order chi connectivity index (χ0) is 36.6. The SMILES string of the molecule is c1ccc(-c2ccc(-c3nc(-c4ccccc4)nc(-c4cccc(-c5ccccc5)c4-n4c5ccccc5c5cc(-c6ccccc6)ccc54)n3)cc2)cc1. The maximum Gasteiger partial charge on any atom is 0.166 e. The van der Waals surface area contributed by atoms with Gasteiger partial charge in [-0.1, -0.05) is 182 Å². The van der Waals surface area contributed by atoms with Crippen molar-refractivity contribution in [1.82, 2.24) is 19.5 Å². The minimum Gasteiger partial charge on any atom is -0.308 e. The molecule has 0 amide bonds. The Balaban J connectivity index is 1.24. The molecule has 10 rings (SSSR count). The number of benzene rings is 8. The van der Waals surface area contributed by atoms with Crippen LogP contribution in [0, 0.1) is 0 Å². The van der Waals surface area contributed by atoms with Gasteiger partial charge in [-0.05, 0) is 52.1 Å². The van der Waals surface area contributed by atoms with Gasteiger partial charge in [-0.15, -0.1) is 0 Å². The fourth-order valence-electron chi connectivity index (χ4n) is 7.62. The third-order valence-corrected chi connectivity index (χ3v) is 10.3. The molecule has 258 valence electrons. The molecule has 0 aliphatic rings. The van der Waals surface area contributed by atoms with Crippen LogP contribution < -0.4 is 0 Å². The lowest BCUT2D eigenvalue weighted by molar-refractivity contribution is 1.06. The molecule has 0 spiro atoms. The van der Waals surface area contributed by atoms with Gasteiger partial charge in [-0.2, -0.15) is 0 Å². The standard InChI is InChI=1S/C51H34N4/c1-5-16-35(17-6-1)37-28-30-40(31-29-37)50-52-49(39-22-11-4-12-23-39)53-51(54-50)44-26-15-25-42(38-20-9-3-10-21-38)48(44)55-46-27-14-13-24-43(46)45-34-41(32-33-47(45)55)36-18-7-2-8-19-36/h1-34H. The highest BCUT2D eigenvalue weighted by Gasteiger charge is 2.23. The van der Waals surface area contributed by atoms with Crippen molar-refractivity contribution in [3.05, 3.63) is 206 Å². The lowest BCUT2D eigenvalue weighted by atomic mass is 9.98. The second-order valence-corrected chi connectivity index (χ2v) is 13.6. The topological polar surface area (TPSA) is 43.6 Å². The maximum atomic E-state index is 5.29. The number of hydrogen-bond acceptors (Lipinski definition) is 3. The van der Waals surface area contributed by atoms with E-state index in [1.54, 1.807) is 0 Å². The summed E-state index contributed by atoms with van der Waals surface area (Å²) in [5.74, 6) is 1.85. The number of fused-ring (bicyclic) bond motifs is 3. The molecule has 0 saturated carbocycles. The van der Waals surface area contributed by atoms with Gasteiger partial charge in [0, 0.05) is 33.0 Å². The summed E-state index contributed by atoms with van der Waals surface area (Å²) in [6, 6.07) is 72.2. The average Bonchev–Trinajstić information content (AvgIpc) is 3.60. The molecule has 8 aromatic carbocycles. The monoisotopic (exact) mass is 702 g/mol. The molecule has 2 aromatic heterocycles. The van der Waals surface area contributed by atoms with E-state index in [9.17, 15) is 0 Å². The van der Waals surface area contributed by atoms with Crippen LogP contribution in [0.2, 0.25) is 0 Å². The summed E-state index contributed by atoms with van der Waals surface area (Å²) >= 11 is 0. The van der Waals surface area contributed by atoms with Crippen molar-refractivity contribution in [1.29, 1.82) is 0 Å². The molecule has 0 atom stereocenters. The second kappa shape index (κ2) is 13.8. The molecule has 10 aromatic rings. The summed E-state index contributed by atoms with van der Waals surface area (Å²) in [6.45, 7) is 0. The summed E-state index contributed by atoms with van der Waals surface area (Å²) in [5, 5.41) is 2.37. The minimum absolute atomic E-state index is 0.607. The van der Waals surface area contributed by atoms with Crippen molar-refractivity contribution in [2.45, 2.75) is 0 Å². The molecule has 0 fully saturated rings. The van der Waals surface area contributed by atoms with Crippen LogP contribution in [-0.4, -0.2) is 19.5 Å². The first-order valence-electron chi connectivity index (χ1n) is 18.5. The summed E-state index contributed by atoms with van der Waals surface area (Å²) in [7, 11) is 0. The molecule has 0 saturated heterocycles. The molecule has 2 heterocycles. The van der Waals surface area contributed by atoms with Gasteiger partial charge in [0.25, 0.3) is 0 Å². The highest BCUT2D eigenvalue weighted by Crippen LogP contribution is 2.42. The van der Waals surface area contributed by atoms with Crippen LogP contribution in [-0.2, 0) is 0 Å². The molecule has 0 unspecified atom stereocenters. The van der Waals surface area contributed by atoms with Gasteiger partial charge in [0.1, 0.15) is 0 Å². The Kier molecular flexibility index (Phi) is 8.12. The fourth-order valence-corrected chi connectivity index (χ4v) is 7.62. The normalized spacial score (nSPS) is 11.3. The van der Waals surface area contributed by atoms with Gasteiger partial charge in [-0.3, -0.25) is 0 Å². The van der Waals surface area contributed by atoms with E-state index in [2.05, 4.69) is 187 Å². The molecular formula is C51H34N4. The smallest absolute Gasteiger partial charge is 0.166 e. The number of aromatic nitrogens is 4. The average molecular weight is 703 g/mol. The first-order chi connectivity index (χ1) is 27.3. The molecule has 0 bridgehead atoms. The van der Waals surface area contributed by atoms with Crippen molar-refractivity contribution < 1.29 is 0 Å². The van der Waals surface area contributed by atoms with E-state index in [1.807, 2.05) is 24.3 Å². The Bertz CT molecular complexity index is 2940. The number of rotatable bonds is 7. The van der Waals surface area contributed by atoms with E-state index in [0.29, 0.717) is 17.5 Å². The van der Waals surface area contributed by atoms with Crippen LogP contribution in [0.1, 0.15) is 0 Å². The molecule has 4 nitrogen and oxygen atoms in total. The molecule has 0 aliphatic heterocycles. The number of hydrogen-bond donors (Lipinski definition) is 0. The van der Waals surface area contributed by atoms with Gasteiger partial charge < -0.3 is 4.57 Å². The summed E-state index contributed by atoms with van der Waals surface area (Å²) in [4.78, 5) is 15.6. The van der Waals surface area contributed by atoms with E-state index < -0.39 is 0 Å². The van der Waals surface area contributed by atoms with Gasteiger partial charge in [0.2, 0.25) is 0 Å². The highest BCUT2D eigenvalue weighted by atomic mass is 15.1. The highest BCUT2D eigenvalue weighted by molar-refractivity contribution is 6.11. The van der Waals surface area contributed by atoms with Crippen molar-refractivity contribution in [3.63, 3.8) is 0 Å². The summed E-state index contributed by atoms with van der Waals surface area (Å²) in [5.41, 5.74) is 12.9. The zero-order valence-electron chi connectivity index (χ0n) is 29.9. The van der Waals surface area contributed by atoms with Crippen molar-refractivity contribution in [2.24, 2.45) is 0 Å². The first-order valence-corrected chi connectivity index (χ1v) is 18.5. The third-order valence-electron chi connectivity index (χ3n) is 10.3. The van der Waals surface area contributed by atoms with Gasteiger partial charge in [0.15, 0.2) is 17.5 Å². The lowest BCUT2D eigenvalue weighted by Crippen LogP contribution is -2.05. The quantitative estimate of drug-likeness (QED) is 0.166. The largest absolute Gasteiger partial charge is 0.308 e.